The van der Waals surface area contributed by atoms with Gasteiger partial charge in [0.1, 0.15) is 11.3 Å². The van der Waals surface area contributed by atoms with Gasteiger partial charge in [-0.25, -0.2) is 0 Å². The van der Waals surface area contributed by atoms with Crippen LogP contribution in [0.15, 0.2) is 58.0 Å². The van der Waals surface area contributed by atoms with E-state index >= 15 is 0 Å². The highest BCUT2D eigenvalue weighted by Crippen LogP contribution is 2.25. The van der Waals surface area contributed by atoms with Gasteiger partial charge in [-0.2, -0.15) is 0 Å². The Balaban J connectivity index is 1.48. The van der Waals surface area contributed by atoms with E-state index in [0.29, 0.717) is 13.0 Å². The van der Waals surface area contributed by atoms with E-state index in [1.807, 2.05) is 18.2 Å². The van der Waals surface area contributed by atoms with Crippen molar-refractivity contribution in [1.29, 1.82) is 0 Å². The van der Waals surface area contributed by atoms with Crippen LogP contribution in [0, 0.1) is 6.92 Å². The van der Waals surface area contributed by atoms with Crippen LogP contribution in [-0.4, -0.2) is 25.3 Å². The van der Waals surface area contributed by atoms with Gasteiger partial charge in [0.25, 0.3) is 0 Å². The minimum Gasteiger partial charge on any atom is -0.497 e. The molecule has 0 saturated heterocycles. The molecule has 5 heteroatoms. The molecule has 1 heterocycles. The summed E-state index contributed by atoms with van der Waals surface area (Å²) in [5, 5.41) is 3.91. The number of methoxy groups -OCH3 is 1. The summed E-state index contributed by atoms with van der Waals surface area (Å²) in [6.45, 7) is 2.71. The van der Waals surface area contributed by atoms with Gasteiger partial charge in [-0.05, 0) is 31.2 Å². The average Bonchev–Trinajstić information content (AvgIpc) is 3.02. The van der Waals surface area contributed by atoms with Gasteiger partial charge in [-0.1, -0.05) is 17.7 Å². The van der Waals surface area contributed by atoms with Crippen molar-refractivity contribution < 1.29 is 13.9 Å². The number of hydrogen-bond acceptors (Lipinski definition) is 4. The Morgan fingerprint density at radius 3 is 2.76 bits per heavy atom. The first-order valence-corrected chi connectivity index (χ1v) is 9.14. The molecule has 130 valence electrons. The summed E-state index contributed by atoms with van der Waals surface area (Å²) in [5.41, 5.74) is 2.88. The maximum absolute atomic E-state index is 12.1. The lowest BCUT2D eigenvalue weighted by molar-refractivity contribution is -0.120. The molecule has 1 aromatic heterocycles. The molecule has 0 aliphatic carbocycles. The van der Waals surface area contributed by atoms with E-state index in [0.717, 1.165) is 28.0 Å². The summed E-state index contributed by atoms with van der Waals surface area (Å²) in [7, 11) is 1.62. The molecule has 0 aliphatic rings. The van der Waals surface area contributed by atoms with Crippen molar-refractivity contribution in [2.24, 2.45) is 0 Å². The molecular weight excluding hydrogens is 334 g/mol. The first-order valence-electron chi connectivity index (χ1n) is 8.16. The van der Waals surface area contributed by atoms with Crippen molar-refractivity contribution in [3.63, 3.8) is 0 Å². The summed E-state index contributed by atoms with van der Waals surface area (Å²) >= 11 is 1.74. The van der Waals surface area contributed by atoms with Crippen LogP contribution in [0.1, 0.15) is 11.1 Å². The second-order valence-electron chi connectivity index (χ2n) is 5.81. The highest BCUT2D eigenvalue weighted by Gasteiger charge is 2.11. The topological polar surface area (TPSA) is 51.5 Å². The molecule has 0 bridgehead atoms. The van der Waals surface area contributed by atoms with Gasteiger partial charge in [-0.15, -0.1) is 11.8 Å². The van der Waals surface area contributed by atoms with Gasteiger partial charge in [0.15, 0.2) is 0 Å². The summed E-state index contributed by atoms with van der Waals surface area (Å²) in [6.07, 6.45) is 1.96. The zero-order chi connectivity index (χ0) is 17.6. The maximum atomic E-state index is 12.1. The van der Waals surface area contributed by atoms with Crippen molar-refractivity contribution in [1.82, 2.24) is 5.32 Å². The van der Waals surface area contributed by atoms with Crippen molar-refractivity contribution in [3.8, 4) is 5.75 Å². The number of carbonyl (C=O) groups is 1. The van der Waals surface area contributed by atoms with Crippen molar-refractivity contribution in [3.05, 3.63) is 59.9 Å². The lowest BCUT2D eigenvalue weighted by Gasteiger charge is -2.05. The molecule has 2 aromatic carbocycles. The Labute approximate surface area is 151 Å². The number of ether oxygens (including phenoxy) is 1. The molecule has 0 aliphatic heterocycles. The number of nitrogens with one attached hydrogen (secondary N) is 1. The number of amides is 1. The number of hydrogen-bond donors (Lipinski definition) is 1. The second-order valence-corrected chi connectivity index (χ2v) is 6.98. The van der Waals surface area contributed by atoms with E-state index in [1.165, 1.54) is 10.5 Å². The predicted molar refractivity (Wildman–Crippen MR) is 101 cm³/mol. The number of furan rings is 1. The molecule has 1 N–H and O–H groups in total. The molecule has 3 aromatic rings. The molecular formula is C20H21NO3S. The predicted octanol–water partition coefficient (Wildman–Crippen LogP) is 4.20. The number of aryl methyl sites for hydroxylation is 1. The standard InChI is InChI=1S/C20H21NO3S/c1-14-3-6-17(7-4-14)25-10-9-21-20(22)11-15-13-24-19-12-16(23-2)5-8-18(15)19/h3-8,12-13H,9-11H2,1-2H3,(H,21,22). The van der Waals surface area contributed by atoms with Gasteiger partial charge in [0, 0.05) is 34.2 Å². The molecule has 0 radical (unpaired) electrons. The highest BCUT2D eigenvalue weighted by molar-refractivity contribution is 7.99. The molecule has 1 amide bonds. The molecule has 0 unspecified atom stereocenters. The summed E-state index contributed by atoms with van der Waals surface area (Å²) < 4.78 is 10.7. The van der Waals surface area contributed by atoms with Gasteiger partial charge in [-0.3, -0.25) is 4.79 Å². The molecule has 0 spiro atoms. The fourth-order valence-electron chi connectivity index (χ4n) is 2.56. The Kier molecular flexibility index (Phi) is 5.66. The number of benzene rings is 2. The van der Waals surface area contributed by atoms with E-state index in [-0.39, 0.29) is 5.91 Å². The fourth-order valence-corrected chi connectivity index (χ4v) is 3.33. The van der Waals surface area contributed by atoms with Gasteiger partial charge < -0.3 is 14.5 Å². The first kappa shape index (κ1) is 17.4. The minimum absolute atomic E-state index is 0.00280. The molecule has 4 nitrogen and oxygen atoms in total. The third kappa shape index (κ3) is 4.57. The van der Waals surface area contributed by atoms with Gasteiger partial charge >= 0.3 is 0 Å². The Hall–Kier alpha value is -2.40. The first-order chi connectivity index (χ1) is 12.2. The number of carbonyl (C=O) groups excluding carboxylic acids is 1. The number of thioether (sulfide) groups is 1. The zero-order valence-electron chi connectivity index (χ0n) is 14.4. The average molecular weight is 355 g/mol. The Morgan fingerprint density at radius 1 is 1.20 bits per heavy atom. The molecule has 0 fully saturated rings. The summed E-state index contributed by atoms with van der Waals surface area (Å²) in [4.78, 5) is 13.4. The SMILES string of the molecule is COc1ccc2c(CC(=O)NCCSc3ccc(C)cc3)coc2c1. The van der Waals surface area contributed by atoms with E-state index in [1.54, 1.807) is 25.1 Å². The van der Waals surface area contributed by atoms with Crippen LogP contribution in [-0.2, 0) is 11.2 Å². The zero-order valence-corrected chi connectivity index (χ0v) is 15.2. The van der Waals surface area contributed by atoms with Gasteiger partial charge in [0.2, 0.25) is 5.91 Å². The van der Waals surface area contributed by atoms with E-state index in [2.05, 4.69) is 36.5 Å². The summed E-state index contributed by atoms with van der Waals surface area (Å²) in [5.74, 6) is 1.59. The smallest absolute Gasteiger partial charge is 0.224 e. The van der Waals surface area contributed by atoms with Crippen molar-refractivity contribution in [2.45, 2.75) is 18.2 Å². The Bertz CT molecular complexity index is 855. The fraction of sp³-hybridized carbons (Fsp3) is 0.250. The van der Waals surface area contributed by atoms with E-state index in [4.69, 9.17) is 9.15 Å². The van der Waals surface area contributed by atoms with Crippen LogP contribution < -0.4 is 10.1 Å². The van der Waals surface area contributed by atoms with Crippen molar-refractivity contribution >= 4 is 28.6 Å². The summed E-state index contributed by atoms with van der Waals surface area (Å²) in [6, 6.07) is 14.0. The monoisotopic (exact) mass is 355 g/mol. The van der Waals surface area contributed by atoms with Crippen LogP contribution in [0.2, 0.25) is 0 Å². The quantitative estimate of drug-likeness (QED) is 0.510. The van der Waals surface area contributed by atoms with E-state index < -0.39 is 0 Å². The maximum Gasteiger partial charge on any atom is 0.224 e. The highest BCUT2D eigenvalue weighted by atomic mass is 32.2. The third-order valence-electron chi connectivity index (χ3n) is 3.93. The van der Waals surface area contributed by atoms with Crippen LogP contribution in [0.5, 0.6) is 5.75 Å². The normalized spacial score (nSPS) is 10.8. The minimum atomic E-state index is 0.00280. The molecule has 3 rings (SSSR count). The van der Waals surface area contributed by atoms with Crippen LogP contribution >= 0.6 is 11.8 Å². The lowest BCUT2D eigenvalue weighted by atomic mass is 10.1. The van der Waals surface area contributed by atoms with Crippen LogP contribution in [0.25, 0.3) is 11.0 Å². The Morgan fingerprint density at radius 2 is 2.00 bits per heavy atom. The van der Waals surface area contributed by atoms with E-state index in [9.17, 15) is 4.79 Å². The molecule has 0 atom stereocenters. The molecule has 0 saturated carbocycles. The molecule has 25 heavy (non-hydrogen) atoms. The largest absolute Gasteiger partial charge is 0.497 e. The van der Waals surface area contributed by atoms with Crippen LogP contribution in [0.4, 0.5) is 0 Å². The van der Waals surface area contributed by atoms with Gasteiger partial charge in [0.05, 0.1) is 19.8 Å². The lowest BCUT2D eigenvalue weighted by Crippen LogP contribution is -2.27. The third-order valence-corrected chi connectivity index (χ3v) is 4.94. The van der Waals surface area contributed by atoms with Crippen molar-refractivity contribution in [2.75, 3.05) is 19.4 Å². The number of rotatable bonds is 7. The number of fused-ring (bicyclic) bond motifs is 1. The second kappa shape index (κ2) is 8.12. The van der Waals surface area contributed by atoms with Crippen LogP contribution in [0.3, 0.4) is 0 Å².